The van der Waals surface area contributed by atoms with Crippen LogP contribution in [-0.2, 0) is 4.74 Å². The highest BCUT2D eigenvalue weighted by Crippen LogP contribution is 2.25. The van der Waals surface area contributed by atoms with E-state index < -0.39 is 11.7 Å². The summed E-state index contributed by atoms with van der Waals surface area (Å²) in [6, 6.07) is 5.78. The number of carbonyl (C=O) groups excluding carboxylic acids is 1. The van der Waals surface area contributed by atoms with Crippen LogP contribution < -0.4 is 10.0 Å². The maximum Gasteiger partial charge on any atom is 0.407 e. The fourth-order valence-electron chi connectivity index (χ4n) is 1.36. The van der Waals surface area contributed by atoms with Crippen LogP contribution in [0, 0.1) is 6.92 Å². The third-order valence-corrected chi connectivity index (χ3v) is 3.72. The van der Waals surface area contributed by atoms with Crippen LogP contribution in [0.5, 0.6) is 0 Å². The first-order valence-corrected chi connectivity index (χ1v) is 7.61. The van der Waals surface area contributed by atoms with Crippen molar-refractivity contribution in [2.75, 3.05) is 13.1 Å². The van der Waals surface area contributed by atoms with E-state index in [1.807, 2.05) is 45.9 Å². The first kappa shape index (κ1) is 17.1. The van der Waals surface area contributed by atoms with Gasteiger partial charge < -0.3 is 10.1 Å². The Labute approximate surface area is 129 Å². The average Bonchev–Trinajstić information content (AvgIpc) is 2.31. The minimum absolute atomic E-state index is 0.400. The molecule has 0 unspecified atom stereocenters. The Morgan fingerprint density at radius 1 is 1.35 bits per heavy atom. The summed E-state index contributed by atoms with van der Waals surface area (Å²) in [6.07, 6.45) is -0.400. The quantitative estimate of drug-likeness (QED) is 0.641. The van der Waals surface area contributed by atoms with Crippen LogP contribution in [0.1, 0.15) is 26.3 Å². The first-order valence-electron chi connectivity index (χ1n) is 6.41. The van der Waals surface area contributed by atoms with Crippen LogP contribution in [0.15, 0.2) is 23.1 Å². The van der Waals surface area contributed by atoms with E-state index in [9.17, 15) is 4.79 Å². The molecule has 0 radical (unpaired) electrons. The zero-order valence-corrected chi connectivity index (χ0v) is 13.8. The lowest BCUT2D eigenvalue weighted by Gasteiger charge is -2.19. The minimum atomic E-state index is -0.468. The number of ether oxygens (including phenoxy) is 1. The fraction of sp³-hybridized carbons (Fsp3) is 0.500. The number of nitrogens with one attached hydrogen (secondary N) is 2. The van der Waals surface area contributed by atoms with Gasteiger partial charge in [0, 0.05) is 23.0 Å². The van der Waals surface area contributed by atoms with Crippen molar-refractivity contribution in [3.63, 3.8) is 0 Å². The molecular weight excluding hydrogens is 296 g/mol. The third-order valence-electron chi connectivity index (χ3n) is 2.30. The van der Waals surface area contributed by atoms with Gasteiger partial charge in [-0.25, -0.2) is 4.79 Å². The molecule has 0 aliphatic heterocycles. The van der Waals surface area contributed by atoms with Crippen molar-refractivity contribution in [1.29, 1.82) is 0 Å². The number of halogens is 1. The van der Waals surface area contributed by atoms with E-state index in [0.717, 1.165) is 15.5 Å². The summed E-state index contributed by atoms with van der Waals surface area (Å²) >= 11 is 7.54. The molecule has 0 spiro atoms. The summed E-state index contributed by atoms with van der Waals surface area (Å²) < 4.78 is 8.31. The van der Waals surface area contributed by atoms with Gasteiger partial charge in [0.2, 0.25) is 0 Å². The van der Waals surface area contributed by atoms with E-state index in [-0.39, 0.29) is 0 Å². The second kappa shape index (κ2) is 7.76. The maximum absolute atomic E-state index is 11.4. The molecule has 2 N–H and O–H groups in total. The van der Waals surface area contributed by atoms with Gasteiger partial charge in [-0.05, 0) is 57.3 Å². The maximum atomic E-state index is 11.4. The van der Waals surface area contributed by atoms with Crippen LogP contribution in [0.2, 0.25) is 5.02 Å². The molecule has 0 aliphatic carbocycles. The summed E-state index contributed by atoms with van der Waals surface area (Å²) in [5, 5.41) is 3.44. The van der Waals surface area contributed by atoms with Crippen molar-refractivity contribution in [2.45, 2.75) is 38.2 Å². The summed E-state index contributed by atoms with van der Waals surface area (Å²) in [5.41, 5.74) is 0.580. The van der Waals surface area contributed by atoms with Crippen molar-refractivity contribution in [1.82, 2.24) is 10.0 Å². The second-order valence-corrected chi connectivity index (χ2v) is 6.63. The van der Waals surface area contributed by atoms with E-state index in [1.165, 1.54) is 11.9 Å². The van der Waals surface area contributed by atoms with E-state index in [2.05, 4.69) is 10.0 Å². The Bertz CT molecular complexity index is 461. The highest BCUT2D eigenvalue weighted by molar-refractivity contribution is 7.97. The molecular formula is C14H21ClN2O2S. The van der Waals surface area contributed by atoms with Crippen molar-refractivity contribution < 1.29 is 9.53 Å². The Morgan fingerprint density at radius 3 is 2.70 bits per heavy atom. The number of hydrogen-bond donors (Lipinski definition) is 2. The molecule has 0 atom stereocenters. The lowest BCUT2D eigenvalue weighted by atomic mass is 10.2. The highest BCUT2D eigenvalue weighted by Gasteiger charge is 2.15. The summed E-state index contributed by atoms with van der Waals surface area (Å²) in [6.45, 7) is 8.62. The largest absolute Gasteiger partial charge is 0.444 e. The monoisotopic (exact) mass is 316 g/mol. The number of rotatable bonds is 5. The Balaban J connectivity index is 2.23. The molecule has 0 aromatic heterocycles. The number of amides is 1. The van der Waals surface area contributed by atoms with Crippen LogP contribution >= 0.6 is 23.5 Å². The van der Waals surface area contributed by atoms with E-state index in [0.29, 0.717) is 13.1 Å². The predicted octanol–water partition coefficient (Wildman–Crippen LogP) is 3.77. The molecule has 0 heterocycles. The molecule has 1 aromatic rings. The first-order chi connectivity index (χ1) is 9.29. The Kier molecular flexibility index (Phi) is 6.65. The number of hydrogen-bond acceptors (Lipinski definition) is 4. The van der Waals surface area contributed by atoms with Crippen molar-refractivity contribution in [3.8, 4) is 0 Å². The smallest absolute Gasteiger partial charge is 0.407 e. The lowest BCUT2D eigenvalue weighted by Crippen LogP contribution is -2.35. The van der Waals surface area contributed by atoms with Gasteiger partial charge in [0.1, 0.15) is 5.60 Å². The molecule has 20 heavy (non-hydrogen) atoms. The average molecular weight is 317 g/mol. The molecule has 1 aromatic carbocycles. The van der Waals surface area contributed by atoms with Gasteiger partial charge in [-0.1, -0.05) is 17.7 Å². The van der Waals surface area contributed by atoms with Gasteiger partial charge in [-0.15, -0.1) is 0 Å². The highest BCUT2D eigenvalue weighted by atomic mass is 35.5. The van der Waals surface area contributed by atoms with Gasteiger partial charge in [0.25, 0.3) is 0 Å². The molecule has 112 valence electrons. The number of alkyl carbamates (subject to hydrolysis) is 1. The minimum Gasteiger partial charge on any atom is -0.444 e. The molecule has 4 nitrogen and oxygen atoms in total. The molecule has 0 bridgehead atoms. The molecule has 0 aliphatic rings. The Hall–Kier alpha value is -0.910. The van der Waals surface area contributed by atoms with E-state index in [1.54, 1.807) is 0 Å². The predicted molar refractivity (Wildman–Crippen MR) is 84.3 cm³/mol. The molecule has 1 rings (SSSR count). The van der Waals surface area contributed by atoms with Crippen LogP contribution in [-0.4, -0.2) is 24.8 Å². The van der Waals surface area contributed by atoms with Crippen molar-refractivity contribution >= 4 is 29.6 Å². The zero-order chi connectivity index (χ0) is 15.2. The van der Waals surface area contributed by atoms with Crippen LogP contribution in [0.3, 0.4) is 0 Å². The summed E-state index contributed by atoms with van der Waals surface area (Å²) in [4.78, 5) is 12.5. The van der Waals surface area contributed by atoms with Gasteiger partial charge in [-0.3, -0.25) is 4.72 Å². The molecule has 6 heteroatoms. The van der Waals surface area contributed by atoms with Crippen LogP contribution in [0.25, 0.3) is 0 Å². The normalized spacial score (nSPS) is 11.2. The Morgan fingerprint density at radius 2 is 2.05 bits per heavy atom. The second-order valence-electron chi connectivity index (χ2n) is 5.29. The fourth-order valence-corrected chi connectivity index (χ4v) is 2.36. The van der Waals surface area contributed by atoms with E-state index >= 15 is 0 Å². The lowest BCUT2D eigenvalue weighted by molar-refractivity contribution is 0.0529. The summed E-state index contributed by atoms with van der Waals surface area (Å²) in [5.74, 6) is 0. The van der Waals surface area contributed by atoms with Crippen LogP contribution in [0.4, 0.5) is 4.79 Å². The number of benzene rings is 1. The zero-order valence-electron chi connectivity index (χ0n) is 12.2. The molecule has 0 saturated heterocycles. The topological polar surface area (TPSA) is 50.4 Å². The summed E-state index contributed by atoms with van der Waals surface area (Å²) in [7, 11) is 0. The number of carbonyl (C=O) groups is 1. The third kappa shape index (κ3) is 6.50. The molecule has 1 amide bonds. The SMILES string of the molecule is Cc1c(Cl)cccc1SNCCNC(=O)OC(C)(C)C. The van der Waals surface area contributed by atoms with E-state index in [4.69, 9.17) is 16.3 Å². The molecule has 0 saturated carbocycles. The van der Waals surface area contributed by atoms with Crippen molar-refractivity contribution in [3.05, 3.63) is 28.8 Å². The van der Waals surface area contributed by atoms with Gasteiger partial charge in [0.05, 0.1) is 0 Å². The van der Waals surface area contributed by atoms with Crippen molar-refractivity contribution in [2.24, 2.45) is 0 Å². The van der Waals surface area contributed by atoms with Gasteiger partial charge in [-0.2, -0.15) is 0 Å². The van der Waals surface area contributed by atoms with Gasteiger partial charge in [0.15, 0.2) is 0 Å². The standard InChI is InChI=1S/C14H21ClN2O2S/c1-10-11(15)6-5-7-12(10)20-17-9-8-16-13(18)19-14(2,3)4/h5-7,17H,8-9H2,1-4H3,(H,16,18). The van der Waals surface area contributed by atoms with Gasteiger partial charge >= 0.3 is 6.09 Å². The molecule has 0 fully saturated rings.